The summed E-state index contributed by atoms with van der Waals surface area (Å²) in [6.07, 6.45) is 1.88. The number of likely N-dealkylation sites (tertiary alicyclic amines) is 1. The van der Waals surface area contributed by atoms with Crippen molar-refractivity contribution in [3.05, 3.63) is 51.3 Å². The van der Waals surface area contributed by atoms with Crippen LogP contribution in [0.15, 0.2) is 40.8 Å². The van der Waals surface area contributed by atoms with Crippen LogP contribution in [0, 0.1) is 0 Å². The molecule has 0 unspecified atom stereocenters. The maximum absolute atomic E-state index is 13.1. The zero-order valence-electron chi connectivity index (χ0n) is 12.9. The molecule has 24 heavy (non-hydrogen) atoms. The molecule has 0 radical (unpaired) electrons. The van der Waals surface area contributed by atoms with E-state index < -0.39 is 0 Å². The van der Waals surface area contributed by atoms with Crippen molar-refractivity contribution in [2.24, 2.45) is 0 Å². The van der Waals surface area contributed by atoms with Gasteiger partial charge in [-0.15, -0.1) is 11.3 Å². The first-order valence-corrected chi connectivity index (χ1v) is 8.79. The van der Waals surface area contributed by atoms with Gasteiger partial charge in [0.15, 0.2) is 0 Å². The third-order valence-electron chi connectivity index (χ3n) is 4.40. The molecule has 0 saturated carbocycles. The quantitative estimate of drug-likeness (QED) is 0.706. The third-order valence-corrected chi connectivity index (χ3v) is 5.61. The molecule has 0 spiro atoms. The summed E-state index contributed by atoms with van der Waals surface area (Å²) in [4.78, 5) is 31.6. The van der Waals surface area contributed by atoms with Gasteiger partial charge in [0.1, 0.15) is 4.83 Å². The van der Waals surface area contributed by atoms with Crippen molar-refractivity contribution < 1.29 is 4.79 Å². The molecule has 1 aromatic carbocycles. The summed E-state index contributed by atoms with van der Waals surface area (Å²) in [7, 11) is 1.75. The number of likely N-dealkylation sites (N-methyl/N-ethyl adjacent to an activating group) is 1. The van der Waals surface area contributed by atoms with Crippen LogP contribution in [0.25, 0.3) is 21.3 Å². The van der Waals surface area contributed by atoms with E-state index in [2.05, 4.69) is 4.98 Å². The fourth-order valence-electron chi connectivity index (χ4n) is 3.11. The first-order chi connectivity index (χ1) is 11.6. The Morgan fingerprint density at radius 3 is 2.75 bits per heavy atom. The number of halogens is 1. The number of benzene rings is 1. The van der Waals surface area contributed by atoms with Crippen LogP contribution >= 0.6 is 22.9 Å². The lowest BCUT2D eigenvalue weighted by atomic mass is 10.1. The molecule has 122 valence electrons. The van der Waals surface area contributed by atoms with Crippen LogP contribution in [0.3, 0.4) is 0 Å². The third kappa shape index (κ3) is 2.34. The molecule has 3 heterocycles. The molecule has 5 nitrogen and oxygen atoms in total. The van der Waals surface area contributed by atoms with E-state index in [0.717, 1.165) is 11.1 Å². The number of hydrogen-bond acceptors (Lipinski definition) is 4. The monoisotopic (exact) mass is 359 g/mol. The molecule has 1 fully saturated rings. The number of amides is 1. The van der Waals surface area contributed by atoms with E-state index in [4.69, 9.17) is 11.6 Å². The Balaban J connectivity index is 1.90. The maximum Gasteiger partial charge on any atom is 0.263 e. The molecular formula is C17H14ClN3O2S. The molecule has 1 aliphatic rings. The number of nitrogens with zero attached hydrogens (tertiary/aromatic N) is 3. The van der Waals surface area contributed by atoms with Gasteiger partial charge in [-0.3, -0.25) is 14.2 Å². The van der Waals surface area contributed by atoms with Crippen molar-refractivity contribution >= 4 is 39.1 Å². The van der Waals surface area contributed by atoms with Gasteiger partial charge >= 0.3 is 0 Å². The second-order valence-corrected chi connectivity index (χ2v) is 7.16. The van der Waals surface area contributed by atoms with Gasteiger partial charge in [-0.05, 0) is 6.07 Å². The Bertz CT molecular complexity index is 1010. The standard InChI is InChI=1S/C17H14ClN3O2S/c1-20-7-10(6-14(20)22)21-9-19-16-15(17(21)23)12(8-24-16)11-4-2-3-5-13(11)18/h2-5,8-10H,6-7H2,1H3/t10-/m1/s1. The lowest BCUT2D eigenvalue weighted by molar-refractivity contribution is -0.126. The van der Waals surface area contributed by atoms with Gasteiger partial charge < -0.3 is 4.90 Å². The average Bonchev–Trinajstić information content (AvgIpc) is 3.13. The highest BCUT2D eigenvalue weighted by atomic mass is 35.5. The second kappa shape index (κ2) is 5.72. The van der Waals surface area contributed by atoms with Crippen molar-refractivity contribution in [2.45, 2.75) is 12.5 Å². The molecule has 0 bridgehead atoms. The van der Waals surface area contributed by atoms with Gasteiger partial charge in [0.25, 0.3) is 5.56 Å². The highest BCUT2D eigenvalue weighted by molar-refractivity contribution is 7.17. The largest absolute Gasteiger partial charge is 0.344 e. The van der Waals surface area contributed by atoms with Crippen molar-refractivity contribution in [1.82, 2.24) is 14.5 Å². The fraction of sp³-hybridized carbons (Fsp3) is 0.235. The number of aromatic nitrogens is 2. The summed E-state index contributed by atoms with van der Waals surface area (Å²) in [6.45, 7) is 0.525. The molecule has 1 aliphatic heterocycles. The molecular weight excluding hydrogens is 346 g/mol. The fourth-order valence-corrected chi connectivity index (χ4v) is 4.24. The van der Waals surface area contributed by atoms with Crippen LogP contribution < -0.4 is 5.56 Å². The predicted octanol–water partition coefficient (Wildman–Crippen LogP) is 3.18. The molecule has 2 aromatic heterocycles. The zero-order chi connectivity index (χ0) is 16.8. The Kier molecular flexibility index (Phi) is 3.66. The van der Waals surface area contributed by atoms with E-state index in [9.17, 15) is 9.59 Å². The molecule has 0 aliphatic carbocycles. The van der Waals surface area contributed by atoms with Crippen LogP contribution in [-0.4, -0.2) is 34.0 Å². The minimum absolute atomic E-state index is 0.0450. The molecule has 1 atom stereocenters. The van der Waals surface area contributed by atoms with Gasteiger partial charge in [-0.1, -0.05) is 29.8 Å². The van der Waals surface area contributed by atoms with Crippen molar-refractivity contribution in [3.8, 4) is 11.1 Å². The topological polar surface area (TPSA) is 55.2 Å². The summed E-state index contributed by atoms with van der Waals surface area (Å²) < 4.78 is 1.58. The van der Waals surface area contributed by atoms with E-state index in [1.54, 1.807) is 28.9 Å². The zero-order valence-corrected chi connectivity index (χ0v) is 14.5. The number of thiophene rings is 1. The lowest BCUT2D eigenvalue weighted by Gasteiger charge is -2.13. The van der Waals surface area contributed by atoms with Crippen LogP contribution in [0.5, 0.6) is 0 Å². The van der Waals surface area contributed by atoms with E-state index >= 15 is 0 Å². The summed E-state index contributed by atoms with van der Waals surface area (Å²) in [5.41, 5.74) is 1.50. The van der Waals surface area contributed by atoms with Crippen LogP contribution in [-0.2, 0) is 4.79 Å². The molecule has 4 rings (SSSR count). The lowest BCUT2D eigenvalue weighted by Crippen LogP contribution is -2.27. The van der Waals surface area contributed by atoms with E-state index in [-0.39, 0.29) is 17.5 Å². The van der Waals surface area contributed by atoms with Crippen molar-refractivity contribution in [2.75, 3.05) is 13.6 Å². The molecule has 7 heteroatoms. The highest BCUT2D eigenvalue weighted by Gasteiger charge is 2.29. The van der Waals surface area contributed by atoms with Crippen LogP contribution in [0.2, 0.25) is 5.02 Å². The summed E-state index contributed by atoms with van der Waals surface area (Å²) in [5.74, 6) is 0.0450. The normalized spacial score (nSPS) is 17.8. The van der Waals surface area contributed by atoms with Gasteiger partial charge in [-0.2, -0.15) is 0 Å². The molecule has 1 saturated heterocycles. The number of rotatable bonds is 2. The minimum atomic E-state index is -0.175. The first kappa shape index (κ1) is 15.4. The van der Waals surface area contributed by atoms with Gasteiger partial charge in [0.05, 0.1) is 17.8 Å². The van der Waals surface area contributed by atoms with Crippen LogP contribution in [0.4, 0.5) is 0 Å². The van der Waals surface area contributed by atoms with Gasteiger partial charge in [0, 0.05) is 41.5 Å². The van der Waals surface area contributed by atoms with Gasteiger partial charge in [-0.25, -0.2) is 4.98 Å². The van der Waals surface area contributed by atoms with Gasteiger partial charge in [0.2, 0.25) is 5.91 Å². The number of hydrogen-bond donors (Lipinski definition) is 0. The second-order valence-electron chi connectivity index (χ2n) is 5.90. The minimum Gasteiger partial charge on any atom is -0.344 e. The predicted molar refractivity (Wildman–Crippen MR) is 95.6 cm³/mol. The molecule has 3 aromatic rings. The SMILES string of the molecule is CN1C[C@H](n2cnc3scc(-c4ccccc4Cl)c3c2=O)CC1=O. The Hall–Kier alpha value is -2.18. The number of carbonyl (C=O) groups is 1. The molecule has 0 N–H and O–H groups in total. The van der Waals surface area contributed by atoms with E-state index in [0.29, 0.717) is 28.2 Å². The number of fused-ring (bicyclic) bond motifs is 1. The summed E-state index contributed by atoms with van der Waals surface area (Å²) >= 11 is 7.72. The number of carbonyl (C=O) groups excluding carboxylic acids is 1. The smallest absolute Gasteiger partial charge is 0.263 e. The Morgan fingerprint density at radius 2 is 2.04 bits per heavy atom. The van der Waals surface area contributed by atoms with E-state index in [1.807, 2.05) is 23.6 Å². The van der Waals surface area contributed by atoms with Crippen molar-refractivity contribution in [1.29, 1.82) is 0 Å². The van der Waals surface area contributed by atoms with E-state index in [1.165, 1.54) is 11.3 Å². The first-order valence-electron chi connectivity index (χ1n) is 7.53. The van der Waals surface area contributed by atoms with Crippen LogP contribution in [0.1, 0.15) is 12.5 Å². The highest BCUT2D eigenvalue weighted by Crippen LogP contribution is 2.35. The maximum atomic E-state index is 13.1. The molecule has 1 amide bonds. The average molecular weight is 360 g/mol. The van der Waals surface area contributed by atoms with Crippen molar-refractivity contribution in [3.63, 3.8) is 0 Å². The Morgan fingerprint density at radius 1 is 1.25 bits per heavy atom. The summed E-state index contributed by atoms with van der Waals surface area (Å²) in [5, 5.41) is 3.08. The summed E-state index contributed by atoms with van der Waals surface area (Å²) in [6, 6.07) is 7.28. The Labute approximate surface area is 147 Å².